The van der Waals surface area contributed by atoms with Gasteiger partial charge in [0.15, 0.2) is 0 Å². The Morgan fingerprint density at radius 2 is 1.85 bits per heavy atom. The number of amides is 1. The molecule has 3 rings (SSSR count). The molecule has 1 aromatic heterocycles. The summed E-state index contributed by atoms with van der Waals surface area (Å²) in [5, 5.41) is 5.47. The first-order valence-corrected chi connectivity index (χ1v) is 8.32. The van der Waals surface area contributed by atoms with E-state index in [0.717, 1.165) is 23.3 Å². The monoisotopic (exact) mass is 368 g/mol. The van der Waals surface area contributed by atoms with E-state index in [2.05, 4.69) is 20.6 Å². The number of nitrogens with one attached hydrogen (secondary N) is 2. The topological polar surface area (TPSA) is 66.9 Å². The molecule has 0 aliphatic heterocycles. The van der Waals surface area contributed by atoms with Crippen molar-refractivity contribution in [2.75, 3.05) is 5.32 Å². The number of benzene rings is 2. The van der Waals surface area contributed by atoms with Gasteiger partial charge in [0.05, 0.1) is 5.69 Å². The lowest BCUT2D eigenvalue weighted by atomic mass is 10.1. The van der Waals surface area contributed by atoms with Crippen LogP contribution in [0.4, 0.5) is 20.4 Å². The Balaban J connectivity index is 1.75. The third-order valence-corrected chi connectivity index (χ3v) is 3.80. The van der Waals surface area contributed by atoms with Gasteiger partial charge in [0.2, 0.25) is 5.95 Å². The number of hydrogen-bond acceptors (Lipinski definition) is 4. The number of carbonyl (C=O) groups is 1. The van der Waals surface area contributed by atoms with E-state index in [1.807, 2.05) is 31.2 Å². The molecule has 0 saturated heterocycles. The smallest absolute Gasteiger partial charge is 0.270 e. The summed E-state index contributed by atoms with van der Waals surface area (Å²) in [6.07, 6.45) is 0. The van der Waals surface area contributed by atoms with Gasteiger partial charge in [-0.15, -0.1) is 0 Å². The molecule has 0 fully saturated rings. The molecule has 2 N–H and O–H groups in total. The summed E-state index contributed by atoms with van der Waals surface area (Å²) in [5.41, 5.74) is 2.79. The Morgan fingerprint density at radius 3 is 2.59 bits per heavy atom. The second-order valence-electron chi connectivity index (χ2n) is 6.14. The van der Waals surface area contributed by atoms with Gasteiger partial charge in [0.1, 0.15) is 17.3 Å². The molecule has 1 heterocycles. The summed E-state index contributed by atoms with van der Waals surface area (Å²) < 4.78 is 26.8. The van der Waals surface area contributed by atoms with Crippen molar-refractivity contribution >= 4 is 17.5 Å². The summed E-state index contributed by atoms with van der Waals surface area (Å²) in [7, 11) is 0. The van der Waals surface area contributed by atoms with Gasteiger partial charge in [-0.2, -0.15) is 0 Å². The van der Waals surface area contributed by atoms with Gasteiger partial charge in [-0.25, -0.2) is 18.7 Å². The molecule has 2 aromatic carbocycles. The van der Waals surface area contributed by atoms with Crippen LogP contribution in [-0.4, -0.2) is 15.9 Å². The number of aromatic nitrogens is 2. The Labute approximate surface area is 155 Å². The van der Waals surface area contributed by atoms with Crippen molar-refractivity contribution in [3.05, 3.63) is 82.7 Å². The highest BCUT2D eigenvalue weighted by molar-refractivity contribution is 5.92. The van der Waals surface area contributed by atoms with Crippen molar-refractivity contribution in [2.45, 2.75) is 20.4 Å². The number of aryl methyl sites for hydroxylation is 2. The molecule has 0 aliphatic rings. The standard InChI is InChI=1S/C20H18F2N4O/c1-12-4-3-5-14(8-12)11-23-19(27)18-9-13(2)24-20(26-18)25-17-7-6-15(21)10-16(17)22/h3-10H,11H2,1-2H3,(H,23,27)(H,24,25,26). The fourth-order valence-electron chi connectivity index (χ4n) is 2.55. The van der Waals surface area contributed by atoms with E-state index >= 15 is 0 Å². The van der Waals surface area contributed by atoms with Crippen molar-refractivity contribution in [2.24, 2.45) is 0 Å². The van der Waals surface area contributed by atoms with Crippen LogP contribution in [0.1, 0.15) is 27.3 Å². The highest BCUT2D eigenvalue weighted by Gasteiger charge is 2.12. The molecule has 0 radical (unpaired) electrons. The minimum Gasteiger partial charge on any atom is -0.347 e. The van der Waals surface area contributed by atoms with Gasteiger partial charge in [0, 0.05) is 18.3 Å². The fraction of sp³-hybridized carbons (Fsp3) is 0.150. The minimum absolute atomic E-state index is 0.0214. The van der Waals surface area contributed by atoms with E-state index in [4.69, 9.17) is 0 Å². The van der Waals surface area contributed by atoms with Crippen molar-refractivity contribution in [3.63, 3.8) is 0 Å². The van der Waals surface area contributed by atoms with Crippen molar-refractivity contribution in [1.82, 2.24) is 15.3 Å². The third kappa shape index (κ3) is 4.84. The van der Waals surface area contributed by atoms with Gasteiger partial charge >= 0.3 is 0 Å². The summed E-state index contributed by atoms with van der Waals surface area (Å²) in [6, 6.07) is 12.5. The highest BCUT2D eigenvalue weighted by atomic mass is 19.1. The first-order chi connectivity index (χ1) is 12.9. The molecule has 0 aliphatic carbocycles. The van der Waals surface area contributed by atoms with E-state index in [1.165, 1.54) is 12.1 Å². The molecule has 27 heavy (non-hydrogen) atoms. The van der Waals surface area contributed by atoms with Crippen LogP contribution in [-0.2, 0) is 6.54 Å². The predicted molar refractivity (Wildman–Crippen MR) is 98.8 cm³/mol. The summed E-state index contributed by atoms with van der Waals surface area (Å²) in [5.74, 6) is -1.77. The van der Waals surface area contributed by atoms with E-state index < -0.39 is 11.6 Å². The minimum atomic E-state index is -0.773. The molecule has 0 bridgehead atoms. The number of hydrogen-bond donors (Lipinski definition) is 2. The highest BCUT2D eigenvalue weighted by Crippen LogP contribution is 2.19. The number of rotatable bonds is 5. The SMILES string of the molecule is Cc1cccc(CNC(=O)c2cc(C)nc(Nc3ccc(F)cc3F)n2)c1. The average molecular weight is 368 g/mol. The zero-order valence-corrected chi connectivity index (χ0v) is 14.9. The Bertz CT molecular complexity index is 991. The molecule has 5 nitrogen and oxygen atoms in total. The second-order valence-corrected chi connectivity index (χ2v) is 6.14. The molecular formula is C20H18F2N4O. The van der Waals surface area contributed by atoms with Crippen LogP contribution in [0.3, 0.4) is 0 Å². The Hall–Kier alpha value is -3.35. The van der Waals surface area contributed by atoms with Gasteiger partial charge in [0.25, 0.3) is 5.91 Å². The van der Waals surface area contributed by atoms with Crippen LogP contribution in [0.5, 0.6) is 0 Å². The summed E-state index contributed by atoms with van der Waals surface area (Å²) >= 11 is 0. The summed E-state index contributed by atoms with van der Waals surface area (Å²) in [6.45, 7) is 4.04. The quantitative estimate of drug-likeness (QED) is 0.713. The Kier molecular flexibility index (Phi) is 5.40. The zero-order chi connectivity index (χ0) is 19.4. The van der Waals surface area contributed by atoms with E-state index in [1.54, 1.807) is 6.92 Å². The van der Waals surface area contributed by atoms with Crippen LogP contribution >= 0.6 is 0 Å². The average Bonchev–Trinajstić information content (AvgIpc) is 2.62. The van der Waals surface area contributed by atoms with Crippen LogP contribution in [0.2, 0.25) is 0 Å². The van der Waals surface area contributed by atoms with Gasteiger partial charge in [-0.3, -0.25) is 4.79 Å². The van der Waals surface area contributed by atoms with Crippen LogP contribution in [0.15, 0.2) is 48.5 Å². The molecule has 0 atom stereocenters. The number of anilines is 2. The maximum absolute atomic E-state index is 13.8. The van der Waals surface area contributed by atoms with Crippen molar-refractivity contribution in [1.29, 1.82) is 0 Å². The van der Waals surface area contributed by atoms with Crippen LogP contribution < -0.4 is 10.6 Å². The van der Waals surface area contributed by atoms with E-state index in [-0.39, 0.29) is 23.2 Å². The lowest BCUT2D eigenvalue weighted by molar-refractivity contribution is 0.0945. The number of nitrogens with zero attached hydrogens (tertiary/aromatic N) is 2. The lowest BCUT2D eigenvalue weighted by Gasteiger charge is -2.10. The molecular weight excluding hydrogens is 350 g/mol. The molecule has 1 amide bonds. The summed E-state index contributed by atoms with van der Waals surface area (Å²) in [4.78, 5) is 20.7. The number of halogens is 2. The molecule has 0 spiro atoms. The van der Waals surface area contributed by atoms with E-state index in [0.29, 0.717) is 12.2 Å². The normalized spacial score (nSPS) is 10.5. The maximum Gasteiger partial charge on any atom is 0.270 e. The van der Waals surface area contributed by atoms with Crippen LogP contribution in [0, 0.1) is 25.5 Å². The molecule has 138 valence electrons. The predicted octanol–water partition coefficient (Wildman–Crippen LogP) is 4.05. The lowest BCUT2D eigenvalue weighted by Crippen LogP contribution is -2.24. The largest absolute Gasteiger partial charge is 0.347 e. The molecule has 3 aromatic rings. The van der Waals surface area contributed by atoms with Crippen LogP contribution in [0.25, 0.3) is 0 Å². The second kappa shape index (κ2) is 7.90. The van der Waals surface area contributed by atoms with Crippen molar-refractivity contribution < 1.29 is 13.6 Å². The van der Waals surface area contributed by atoms with Crippen molar-refractivity contribution in [3.8, 4) is 0 Å². The molecule has 7 heteroatoms. The molecule has 0 saturated carbocycles. The van der Waals surface area contributed by atoms with Gasteiger partial charge in [-0.1, -0.05) is 29.8 Å². The van der Waals surface area contributed by atoms with Gasteiger partial charge < -0.3 is 10.6 Å². The third-order valence-electron chi connectivity index (χ3n) is 3.80. The maximum atomic E-state index is 13.8. The Morgan fingerprint density at radius 1 is 1.04 bits per heavy atom. The first-order valence-electron chi connectivity index (χ1n) is 8.32. The van der Waals surface area contributed by atoms with Gasteiger partial charge in [-0.05, 0) is 37.6 Å². The molecule has 0 unspecified atom stereocenters. The zero-order valence-electron chi connectivity index (χ0n) is 14.9. The number of carbonyl (C=O) groups excluding carboxylic acids is 1. The first kappa shape index (κ1) is 18.4. The van der Waals surface area contributed by atoms with E-state index in [9.17, 15) is 13.6 Å². The fourth-order valence-corrected chi connectivity index (χ4v) is 2.55.